The van der Waals surface area contributed by atoms with E-state index in [0.717, 1.165) is 16.5 Å². The highest BCUT2D eigenvalue weighted by Crippen LogP contribution is 2.16. The van der Waals surface area contributed by atoms with Gasteiger partial charge in [-0.1, -0.05) is 42.5 Å². The maximum atomic E-state index is 12.3. The largest absolute Gasteiger partial charge is 0.393 e. The Balaban J connectivity index is 1.56. The average molecular weight is 401 g/mol. The number of hydrogen-bond acceptors (Lipinski definition) is 4. The minimum Gasteiger partial charge on any atom is -0.393 e. The van der Waals surface area contributed by atoms with Crippen LogP contribution in [0, 0.1) is 0 Å². The number of amides is 1. The second-order valence-corrected chi connectivity index (χ2v) is 8.41. The highest BCUT2D eigenvalue weighted by Gasteiger charge is 2.21. The highest BCUT2D eigenvalue weighted by molar-refractivity contribution is 7.95. The summed E-state index contributed by atoms with van der Waals surface area (Å²) in [7, 11) is -3.62. The van der Waals surface area contributed by atoms with Crippen molar-refractivity contribution in [1.29, 1.82) is 0 Å². The Bertz CT molecular complexity index is 917. The lowest BCUT2D eigenvalue weighted by molar-refractivity contribution is -0.132. The second kappa shape index (κ2) is 9.03. The average Bonchev–Trinajstić information content (AvgIpc) is 2.69. The summed E-state index contributed by atoms with van der Waals surface area (Å²) in [5.74, 6) is 0.0195. The number of carbonyl (C=O) groups is 1. The Hall–Kier alpha value is -2.64. The van der Waals surface area contributed by atoms with Crippen LogP contribution in [0.25, 0.3) is 6.08 Å². The molecule has 1 amide bonds. The Kier molecular flexibility index (Phi) is 6.49. The first-order valence-electron chi connectivity index (χ1n) is 9.22. The molecule has 6 nitrogen and oxygen atoms in total. The number of rotatable bonds is 6. The lowest BCUT2D eigenvalue weighted by atomic mass is 10.1. The van der Waals surface area contributed by atoms with Crippen LogP contribution in [0.1, 0.15) is 24.0 Å². The number of aliphatic hydroxyl groups excluding tert-OH is 1. The van der Waals surface area contributed by atoms with E-state index in [1.165, 1.54) is 6.08 Å². The fraction of sp³-hybridized carbons (Fsp3) is 0.286. The molecule has 0 saturated carbocycles. The van der Waals surface area contributed by atoms with Gasteiger partial charge in [-0.3, -0.25) is 9.52 Å². The van der Waals surface area contributed by atoms with Gasteiger partial charge in [-0.05, 0) is 42.2 Å². The molecule has 2 aromatic carbocycles. The van der Waals surface area contributed by atoms with Crippen molar-refractivity contribution in [1.82, 2.24) is 4.90 Å². The number of sulfonamides is 1. The van der Waals surface area contributed by atoms with Crippen molar-refractivity contribution in [2.24, 2.45) is 0 Å². The van der Waals surface area contributed by atoms with E-state index in [4.69, 9.17) is 0 Å². The summed E-state index contributed by atoms with van der Waals surface area (Å²) in [4.78, 5) is 14.1. The number of piperidine rings is 1. The first-order valence-corrected chi connectivity index (χ1v) is 10.8. The number of hydrogen-bond donors (Lipinski definition) is 2. The molecule has 148 valence electrons. The van der Waals surface area contributed by atoms with E-state index in [9.17, 15) is 18.3 Å². The third-order valence-electron chi connectivity index (χ3n) is 4.63. The van der Waals surface area contributed by atoms with Gasteiger partial charge in [0.2, 0.25) is 5.91 Å². The maximum Gasteiger partial charge on any atom is 0.255 e. The molecule has 0 aliphatic carbocycles. The molecule has 7 heteroatoms. The zero-order valence-corrected chi connectivity index (χ0v) is 16.3. The van der Waals surface area contributed by atoms with Crippen LogP contribution in [0.2, 0.25) is 0 Å². The van der Waals surface area contributed by atoms with Crippen molar-refractivity contribution in [2.75, 3.05) is 17.8 Å². The molecule has 0 spiro atoms. The van der Waals surface area contributed by atoms with Gasteiger partial charge in [-0.2, -0.15) is 0 Å². The monoisotopic (exact) mass is 400 g/mol. The summed E-state index contributed by atoms with van der Waals surface area (Å²) in [6, 6.07) is 16.0. The van der Waals surface area contributed by atoms with E-state index in [2.05, 4.69) is 4.72 Å². The van der Waals surface area contributed by atoms with E-state index in [1.54, 1.807) is 29.2 Å². The van der Waals surface area contributed by atoms with Crippen LogP contribution in [0.15, 0.2) is 60.0 Å². The summed E-state index contributed by atoms with van der Waals surface area (Å²) < 4.78 is 26.9. The zero-order valence-electron chi connectivity index (χ0n) is 15.5. The van der Waals surface area contributed by atoms with Crippen LogP contribution < -0.4 is 4.72 Å². The maximum absolute atomic E-state index is 12.3. The van der Waals surface area contributed by atoms with E-state index in [-0.39, 0.29) is 18.4 Å². The predicted octanol–water partition coefficient (Wildman–Crippen LogP) is 2.63. The Labute approximate surface area is 165 Å². The van der Waals surface area contributed by atoms with Crippen LogP contribution in [-0.4, -0.2) is 43.5 Å². The molecule has 1 aliphatic rings. The number of nitrogens with one attached hydrogen (secondary N) is 1. The summed E-state index contributed by atoms with van der Waals surface area (Å²) in [6.45, 7) is 1.15. The molecule has 1 fully saturated rings. The van der Waals surface area contributed by atoms with Crippen LogP contribution >= 0.6 is 0 Å². The molecule has 1 saturated heterocycles. The molecular weight excluding hydrogens is 376 g/mol. The molecule has 0 atom stereocenters. The minimum atomic E-state index is -3.62. The number of anilines is 1. The number of aliphatic hydroxyl groups is 1. The van der Waals surface area contributed by atoms with Crippen LogP contribution in [0.5, 0.6) is 0 Å². The Morgan fingerprint density at radius 1 is 1.07 bits per heavy atom. The molecule has 0 aromatic heterocycles. The summed E-state index contributed by atoms with van der Waals surface area (Å²) >= 11 is 0. The SMILES string of the molecule is O=C(Cc1ccc(NS(=O)(=O)C=Cc2ccccc2)cc1)N1CCC(O)CC1. The second-order valence-electron chi connectivity index (χ2n) is 6.85. The van der Waals surface area contributed by atoms with Crippen molar-refractivity contribution in [3.8, 4) is 0 Å². The first-order chi connectivity index (χ1) is 13.4. The van der Waals surface area contributed by atoms with Crippen molar-refractivity contribution in [2.45, 2.75) is 25.4 Å². The van der Waals surface area contributed by atoms with Crippen molar-refractivity contribution < 1.29 is 18.3 Å². The summed E-state index contributed by atoms with van der Waals surface area (Å²) in [6.07, 6.45) is 2.71. The predicted molar refractivity (Wildman–Crippen MR) is 110 cm³/mol. The molecular formula is C21H24N2O4S. The van der Waals surface area contributed by atoms with Gasteiger partial charge >= 0.3 is 0 Å². The first kappa shape index (κ1) is 20.1. The van der Waals surface area contributed by atoms with Gasteiger partial charge in [0.25, 0.3) is 10.0 Å². The quantitative estimate of drug-likeness (QED) is 0.780. The van der Waals surface area contributed by atoms with E-state index in [0.29, 0.717) is 31.6 Å². The summed E-state index contributed by atoms with van der Waals surface area (Å²) in [5.41, 5.74) is 2.06. The summed E-state index contributed by atoms with van der Waals surface area (Å²) in [5, 5.41) is 10.7. The lowest BCUT2D eigenvalue weighted by Crippen LogP contribution is -2.40. The van der Waals surface area contributed by atoms with Gasteiger partial charge in [-0.25, -0.2) is 8.42 Å². The molecule has 0 unspecified atom stereocenters. The highest BCUT2D eigenvalue weighted by atomic mass is 32.2. The topological polar surface area (TPSA) is 86.7 Å². The molecule has 1 aliphatic heterocycles. The molecule has 0 bridgehead atoms. The smallest absolute Gasteiger partial charge is 0.255 e. The van der Waals surface area contributed by atoms with Gasteiger partial charge in [-0.15, -0.1) is 0 Å². The third kappa shape index (κ3) is 5.94. The van der Waals surface area contributed by atoms with Crippen LogP contribution in [0.4, 0.5) is 5.69 Å². The number of likely N-dealkylation sites (tertiary alicyclic amines) is 1. The molecule has 3 rings (SSSR count). The third-order valence-corrected chi connectivity index (χ3v) is 5.64. The van der Waals surface area contributed by atoms with Crippen LogP contribution in [0.3, 0.4) is 0 Å². The van der Waals surface area contributed by atoms with Gasteiger partial charge in [0, 0.05) is 18.8 Å². The van der Waals surface area contributed by atoms with Gasteiger partial charge < -0.3 is 10.0 Å². The van der Waals surface area contributed by atoms with E-state index in [1.807, 2.05) is 30.3 Å². The van der Waals surface area contributed by atoms with E-state index < -0.39 is 10.0 Å². The fourth-order valence-electron chi connectivity index (χ4n) is 3.02. The molecule has 0 radical (unpaired) electrons. The normalized spacial score (nSPS) is 15.7. The van der Waals surface area contributed by atoms with Gasteiger partial charge in [0.05, 0.1) is 17.9 Å². The van der Waals surface area contributed by atoms with Crippen molar-refractivity contribution in [3.63, 3.8) is 0 Å². The Morgan fingerprint density at radius 2 is 1.71 bits per heavy atom. The van der Waals surface area contributed by atoms with Gasteiger partial charge in [0.1, 0.15) is 0 Å². The lowest BCUT2D eigenvalue weighted by Gasteiger charge is -2.29. The number of carbonyl (C=O) groups excluding carboxylic acids is 1. The number of benzene rings is 2. The minimum absolute atomic E-state index is 0.0195. The van der Waals surface area contributed by atoms with Gasteiger partial charge in [0.15, 0.2) is 0 Å². The standard InChI is InChI=1S/C21H24N2O4S/c24-20-10-13-23(14-11-20)21(25)16-18-6-8-19(9-7-18)22-28(26,27)15-12-17-4-2-1-3-5-17/h1-9,12,15,20,22,24H,10-11,13-14,16H2. The molecule has 2 aromatic rings. The fourth-order valence-corrected chi connectivity index (χ4v) is 3.89. The molecule has 28 heavy (non-hydrogen) atoms. The molecule has 2 N–H and O–H groups in total. The zero-order chi connectivity index (χ0) is 20.0. The Morgan fingerprint density at radius 3 is 2.36 bits per heavy atom. The van der Waals surface area contributed by atoms with Crippen molar-refractivity contribution in [3.05, 3.63) is 71.1 Å². The molecule has 1 heterocycles. The number of nitrogens with zero attached hydrogens (tertiary/aromatic N) is 1. The van der Waals surface area contributed by atoms with Crippen molar-refractivity contribution >= 4 is 27.7 Å². The van der Waals surface area contributed by atoms with E-state index >= 15 is 0 Å². The van der Waals surface area contributed by atoms with Crippen LogP contribution in [-0.2, 0) is 21.2 Å².